The van der Waals surface area contributed by atoms with Gasteiger partial charge in [-0.2, -0.15) is 0 Å². The third-order valence-corrected chi connectivity index (χ3v) is 10.1. The molecule has 9 rings (SSSR count). The summed E-state index contributed by atoms with van der Waals surface area (Å²) in [6.45, 7) is 0. The number of benzene rings is 3. The summed E-state index contributed by atoms with van der Waals surface area (Å²) < 4.78 is 82.4. The summed E-state index contributed by atoms with van der Waals surface area (Å²) in [6.07, 6.45) is 8.46. The zero-order valence-corrected chi connectivity index (χ0v) is 39.6. The van der Waals surface area contributed by atoms with Crippen LogP contribution in [0.4, 0.5) is 11.6 Å². The second-order valence-electron chi connectivity index (χ2n) is 11.7. The minimum Gasteiger partial charge on any atom is -0.748 e. The zero-order chi connectivity index (χ0) is 37.7. The molecule has 0 saturated carbocycles. The average Bonchev–Trinajstić information content (AvgIpc) is 3.83. The molecule has 58 heavy (non-hydrogen) atoms. The van der Waals surface area contributed by atoms with E-state index in [1.807, 2.05) is 84.9 Å². The molecule has 0 N–H and O–H groups in total. The number of amidine groups is 3. The first-order chi connectivity index (χ1) is 25.0. The minimum absolute atomic E-state index is 0. The summed E-state index contributed by atoms with van der Waals surface area (Å²) in [5, 5.41) is 8.66. The summed E-state index contributed by atoms with van der Waals surface area (Å²) in [4.78, 5) is 34.8. The van der Waals surface area contributed by atoms with Gasteiger partial charge in [0.15, 0.2) is 18.3 Å². The number of rotatable bonds is 1. The Morgan fingerprint density at radius 2 is 1.03 bits per heavy atom. The Morgan fingerprint density at radius 3 is 1.57 bits per heavy atom. The van der Waals surface area contributed by atoms with Gasteiger partial charge in [0.05, 0.1) is 21.8 Å². The number of allylic oxidation sites excluding steroid dienone is 2. The molecule has 1 aliphatic carbocycles. The molecule has 3 atom stereocenters. The molecule has 0 amide bonds. The summed E-state index contributed by atoms with van der Waals surface area (Å²) >= 11 is 0. The van der Waals surface area contributed by atoms with Gasteiger partial charge in [-0.05, 0) is 38.5 Å². The summed E-state index contributed by atoms with van der Waals surface area (Å²) in [5.41, 5.74) is 3.13. The zero-order valence-electron chi connectivity index (χ0n) is 30.2. The molecule has 291 valence electrons. The van der Waals surface area contributed by atoms with Crippen LogP contribution in [0.1, 0.15) is 24.7 Å². The molecule has 0 saturated heterocycles. The van der Waals surface area contributed by atoms with Crippen LogP contribution in [0.15, 0.2) is 122 Å². The van der Waals surface area contributed by atoms with E-state index in [9.17, 15) is 25.9 Å². The van der Waals surface area contributed by atoms with Crippen molar-refractivity contribution in [3.05, 3.63) is 125 Å². The van der Waals surface area contributed by atoms with E-state index in [1.54, 1.807) is 0 Å². The minimum atomic E-state index is -5.67. The van der Waals surface area contributed by atoms with E-state index in [0.29, 0.717) is 46.4 Å². The summed E-state index contributed by atoms with van der Waals surface area (Å²) in [7, 11) is -15.3. The van der Waals surface area contributed by atoms with E-state index in [-0.39, 0.29) is 125 Å². The van der Waals surface area contributed by atoms with E-state index in [1.165, 1.54) is 0 Å². The fourth-order valence-corrected chi connectivity index (χ4v) is 5.91. The third kappa shape index (κ3) is 11.4. The van der Waals surface area contributed by atoms with Crippen molar-refractivity contribution >= 4 is 79.1 Å². The Bertz CT molecular complexity index is 2930. The predicted molar refractivity (Wildman–Crippen MR) is 197 cm³/mol. The van der Waals surface area contributed by atoms with Crippen LogP contribution in [0.2, 0.25) is 0 Å². The number of hydrogen-bond acceptors (Lipinski definition) is 14. The SMILES string of the molecule is C.C1=CC2C3=NC(=Nc4[n-]c(c5ccccc45)N=C4[N-]C(N=c5[n-]c(c6ccccc56)=N3)c3ccccc34)C2C=C1.CS(=O)(=O)[O-].O=S(=O)([O-])S(=O)(=O)[O-].[Cu].[Na+].[Na+].[Na+]. The van der Waals surface area contributed by atoms with Crippen LogP contribution < -0.4 is 110 Å². The third-order valence-electron chi connectivity index (χ3n) is 8.07. The molecule has 3 aromatic carbocycles. The van der Waals surface area contributed by atoms with Crippen molar-refractivity contribution < 1.29 is 145 Å². The van der Waals surface area contributed by atoms with E-state index < -0.39 is 34.6 Å². The molecule has 3 unspecified atom stereocenters. The van der Waals surface area contributed by atoms with Crippen molar-refractivity contribution in [2.45, 2.75) is 13.6 Å². The van der Waals surface area contributed by atoms with Crippen LogP contribution in [0, 0.1) is 11.8 Å². The first kappa shape index (κ1) is 52.0. The Labute approximate surface area is 409 Å². The fourth-order valence-electron chi connectivity index (χ4n) is 5.91. The first-order valence-electron chi connectivity index (χ1n) is 15.3. The molecule has 2 aromatic heterocycles. The molecule has 17 nitrogen and oxygen atoms in total. The Kier molecular flexibility index (Phi) is 18.5. The fraction of sp³-hybridized carbons (Fsp3) is 0.147. The molecule has 0 fully saturated rings. The topological polar surface area (TPSA) is 276 Å². The Morgan fingerprint density at radius 1 is 0.586 bits per heavy atom. The van der Waals surface area contributed by atoms with Crippen LogP contribution in [0.5, 0.6) is 0 Å². The van der Waals surface area contributed by atoms with Crippen LogP contribution in [-0.4, -0.2) is 62.7 Å². The maximum atomic E-state index is 9.20. The number of aliphatic imine (C=N–C) groups is 3. The van der Waals surface area contributed by atoms with Crippen molar-refractivity contribution in [3.63, 3.8) is 0 Å². The maximum absolute atomic E-state index is 9.20. The van der Waals surface area contributed by atoms with Gasteiger partial charge in [0.25, 0.3) is 0 Å². The molecular formula is C34H26CuN8Na3O9S3-3. The second-order valence-corrected chi connectivity index (χ2v) is 17.1. The molecule has 1 radical (unpaired) electrons. The van der Waals surface area contributed by atoms with Gasteiger partial charge in [0, 0.05) is 58.1 Å². The summed E-state index contributed by atoms with van der Waals surface area (Å²) in [5.74, 6) is 3.06. The average molecular weight is 919 g/mol. The number of nitrogens with zero attached hydrogens (tertiary/aromatic N) is 8. The largest absolute Gasteiger partial charge is 1.00 e. The number of aromatic nitrogens is 2. The molecule has 5 aromatic rings. The van der Waals surface area contributed by atoms with Gasteiger partial charge >= 0.3 is 88.7 Å². The van der Waals surface area contributed by atoms with Crippen molar-refractivity contribution in [1.82, 2.24) is 9.97 Å². The first-order valence-corrected chi connectivity index (χ1v) is 20.5. The predicted octanol–water partition coefficient (Wildman–Crippen LogP) is -6.08. The number of fused-ring (bicyclic) bond motifs is 19. The van der Waals surface area contributed by atoms with Gasteiger partial charge in [0.1, 0.15) is 0 Å². The van der Waals surface area contributed by atoms with Gasteiger partial charge in [-0.3, -0.25) is 4.99 Å². The van der Waals surface area contributed by atoms with E-state index in [4.69, 9.17) is 53.2 Å². The monoisotopic (exact) mass is 918 g/mol. The summed E-state index contributed by atoms with van der Waals surface area (Å²) in [6, 6.07) is 24.1. The van der Waals surface area contributed by atoms with Crippen LogP contribution in [0.3, 0.4) is 0 Å². The van der Waals surface area contributed by atoms with Crippen LogP contribution >= 0.6 is 0 Å². The van der Waals surface area contributed by atoms with Gasteiger partial charge in [-0.15, -0.1) is 0 Å². The quantitative estimate of drug-likeness (QED) is 0.0867. The van der Waals surface area contributed by atoms with Crippen molar-refractivity contribution in [2.24, 2.45) is 36.8 Å². The smallest absolute Gasteiger partial charge is 0.748 e. The molecular weight excluding hydrogens is 893 g/mol. The molecule has 3 aliphatic heterocycles. The Hall–Kier alpha value is -2.12. The van der Waals surface area contributed by atoms with Gasteiger partial charge in [0.2, 0.25) is 0 Å². The van der Waals surface area contributed by atoms with Gasteiger partial charge in [-0.25, -0.2) is 25.3 Å². The molecule has 0 spiro atoms. The van der Waals surface area contributed by atoms with Crippen molar-refractivity contribution in [3.8, 4) is 0 Å². The second kappa shape index (κ2) is 20.6. The van der Waals surface area contributed by atoms with Gasteiger partial charge in [-0.1, -0.05) is 110 Å². The van der Waals surface area contributed by atoms with Crippen molar-refractivity contribution in [1.29, 1.82) is 0 Å². The van der Waals surface area contributed by atoms with E-state index >= 15 is 0 Å². The van der Waals surface area contributed by atoms with Crippen LogP contribution in [0.25, 0.3) is 26.9 Å². The standard InChI is InChI=1S/C32H19N8.CH4O3S.CH4.Cu.3Na.H2O6S2/c1-2-10-18-17(9-1)25-33-26(18)38-28-21-13-5-6-14-22(21)30(35-28)40-32-24-16-8-7-15-23(24)31(36-32)39-29-20-12-4-3-11-19(20)27(34-29)37-25;1-5(2,3)4;;;;;;1-7(2,3)8(4,5)6/h1-18,31H;1H3,(H,2,3,4);1H4;;;;;(H,1,2,3)(H,4,5,6)/q-3;;;;3*+1;/p-3. The van der Waals surface area contributed by atoms with Crippen molar-refractivity contribution in [2.75, 3.05) is 6.26 Å². The van der Waals surface area contributed by atoms with E-state index in [0.717, 1.165) is 32.7 Å². The van der Waals surface area contributed by atoms with Crippen LogP contribution in [-0.2, 0) is 45.5 Å². The molecule has 24 heteroatoms. The number of hydrogen-bond donors (Lipinski definition) is 0. The molecule has 5 heterocycles. The Balaban J connectivity index is 0.000000567. The molecule has 4 aliphatic rings. The molecule has 8 bridgehead atoms. The normalized spacial score (nSPS) is 18.1. The van der Waals surface area contributed by atoms with Gasteiger partial charge < -0.3 is 48.9 Å². The van der Waals surface area contributed by atoms with E-state index in [2.05, 4.69) is 12.2 Å². The maximum Gasteiger partial charge on any atom is 1.00 e.